The topological polar surface area (TPSA) is 229 Å². The Labute approximate surface area is 249 Å². The van der Waals surface area contributed by atoms with E-state index in [0.717, 1.165) is 32.1 Å². The standard InChI is InChI=1S/C26H45N5O10S/c1-3-5-7-9-20(33)39-13-16(40-21(34)10-8-6-4-2)14-42-15-17(27)25(37)28-19-12-31(30-29-19)11-18(32)24-22(35)23(36)26(38)41-24/h12,16-18,22-24,26,32,35-36,38H,3-11,13-15,27H2,1-2H3,(H,28,37)/t16?,17?,18?,22-,23-,24?,26?/m0/s1. The first kappa shape index (κ1) is 35.9. The summed E-state index contributed by atoms with van der Waals surface area (Å²) < 4.78 is 17.0. The third-order valence-corrected chi connectivity index (χ3v) is 7.66. The molecule has 1 aromatic rings. The van der Waals surface area contributed by atoms with E-state index in [4.69, 9.17) is 19.9 Å². The predicted molar refractivity (Wildman–Crippen MR) is 152 cm³/mol. The van der Waals surface area contributed by atoms with Crippen molar-refractivity contribution in [2.24, 2.45) is 5.73 Å². The van der Waals surface area contributed by atoms with Crippen molar-refractivity contribution in [2.45, 2.75) is 115 Å². The van der Waals surface area contributed by atoms with Crippen molar-refractivity contribution < 1.29 is 49.0 Å². The number of nitrogens with two attached hydrogens (primary N) is 1. The first-order valence-electron chi connectivity index (χ1n) is 14.3. The van der Waals surface area contributed by atoms with Crippen LogP contribution in [0.1, 0.15) is 65.2 Å². The van der Waals surface area contributed by atoms with Gasteiger partial charge in [-0.25, -0.2) is 4.68 Å². The normalized spacial score (nSPS) is 22.4. The number of hydrogen-bond donors (Lipinski definition) is 6. The number of aliphatic hydroxyl groups is 4. The maximum absolute atomic E-state index is 12.6. The summed E-state index contributed by atoms with van der Waals surface area (Å²) in [6.07, 6.45) is -0.778. The number of aliphatic hydroxyl groups excluding tert-OH is 4. The smallest absolute Gasteiger partial charge is 0.306 e. The van der Waals surface area contributed by atoms with Gasteiger partial charge in [-0.2, -0.15) is 11.8 Å². The highest BCUT2D eigenvalue weighted by Gasteiger charge is 2.45. The molecule has 16 heteroatoms. The number of unbranched alkanes of at least 4 members (excludes halogenated alkanes) is 4. The third-order valence-electron chi connectivity index (χ3n) is 6.45. The largest absolute Gasteiger partial charge is 0.462 e. The van der Waals surface area contributed by atoms with Gasteiger partial charge in [-0.1, -0.05) is 44.7 Å². The Bertz CT molecular complexity index is 970. The molecule has 1 aromatic heterocycles. The highest BCUT2D eigenvalue weighted by Crippen LogP contribution is 2.23. The summed E-state index contributed by atoms with van der Waals surface area (Å²) in [5.41, 5.74) is 6.02. The number of hydrogen-bond acceptors (Lipinski definition) is 14. The van der Waals surface area contributed by atoms with E-state index in [1.807, 2.05) is 13.8 Å². The van der Waals surface area contributed by atoms with Crippen LogP contribution in [0.2, 0.25) is 0 Å². The number of rotatable bonds is 20. The zero-order valence-electron chi connectivity index (χ0n) is 24.2. The Morgan fingerprint density at radius 1 is 1.07 bits per heavy atom. The lowest BCUT2D eigenvalue weighted by Crippen LogP contribution is -2.40. The number of nitrogens with zero attached hydrogens (tertiary/aromatic N) is 3. The SMILES string of the molecule is CCCCCC(=O)OCC(CSCC(N)C(=O)Nc1cn(CC(O)C2OC(O)[C@@H](O)[C@@H]2O)nn1)OC(=O)CCCCC. The molecule has 0 aromatic carbocycles. The van der Waals surface area contributed by atoms with Gasteiger partial charge in [0, 0.05) is 24.3 Å². The first-order valence-corrected chi connectivity index (χ1v) is 15.5. The van der Waals surface area contributed by atoms with E-state index in [-0.39, 0.29) is 48.8 Å². The second-order valence-corrected chi connectivity index (χ2v) is 11.3. The molecular weight excluding hydrogens is 574 g/mol. The number of carbonyl (C=O) groups is 3. The van der Waals surface area contributed by atoms with Gasteiger partial charge in [0.1, 0.15) is 37.1 Å². The molecule has 1 aliphatic rings. The summed E-state index contributed by atoms with van der Waals surface area (Å²) >= 11 is 1.27. The highest BCUT2D eigenvalue weighted by atomic mass is 32.2. The molecule has 1 fully saturated rings. The van der Waals surface area contributed by atoms with Crippen molar-refractivity contribution in [1.29, 1.82) is 0 Å². The van der Waals surface area contributed by atoms with Crippen LogP contribution in [-0.2, 0) is 35.1 Å². The van der Waals surface area contributed by atoms with Crippen molar-refractivity contribution in [3.05, 3.63) is 6.20 Å². The molecule has 5 unspecified atom stereocenters. The quantitative estimate of drug-likeness (QED) is 0.0813. The number of thioether (sulfide) groups is 1. The molecule has 0 spiro atoms. The summed E-state index contributed by atoms with van der Waals surface area (Å²) in [4.78, 5) is 36.8. The minimum absolute atomic E-state index is 0.0643. The van der Waals surface area contributed by atoms with Gasteiger partial charge in [0.05, 0.1) is 18.8 Å². The van der Waals surface area contributed by atoms with Gasteiger partial charge in [-0.15, -0.1) is 5.10 Å². The van der Waals surface area contributed by atoms with Gasteiger partial charge in [-0.3, -0.25) is 14.4 Å². The fourth-order valence-electron chi connectivity index (χ4n) is 4.02. The summed E-state index contributed by atoms with van der Waals surface area (Å²) in [6, 6.07) is -0.951. The Kier molecular flexibility index (Phi) is 16.3. The molecule has 7 atom stereocenters. The summed E-state index contributed by atoms with van der Waals surface area (Å²) in [5.74, 6) is -0.753. The van der Waals surface area contributed by atoms with E-state index < -0.39 is 48.8 Å². The molecule has 240 valence electrons. The van der Waals surface area contributed by atoms with E-state index in [1.165, 1.54) is 22.6 Å². The molecule has 1 amide bonds. The van der Waals surface area contributed by atoms with E-state index in [9.17, 15) is 34.8 Å². The fraction of sp³-hybridized carbons (Fsp3) is 0.808. The van der Waals surface area contributed by atoms with Crippen molar-refractivity contribution in [2.75, 3.05) is 23.4 Å². The van der Waals surface area contributed by atoms with Crippen LogP contribution < -0.4 is 11.1 Å². The number of anilines is 1. The van der Waals surface area contributed by atoms with Crippen molar-refractivity contribution in [3.8, 4) is 0 Å². The van der Waals surface area contributed by atoms with Gasteiger partial charge in [0.15, 0.2) is 12.1 Å². The van der Waals surface area contributed by atoms with Crippen LogP contribution in [0.4, 0.5) is 5.82 Å². The van der Waals surface area contributed by atoms with Crippen LogP contribution in [0.15, 0.2) is 6.20 Å². The van der Waals surface area contributed by atoms with Gasteiger partial charge in [-0.05, 0) is 12.8 Å². The Morgan fingerprint density at radius 3 is 2.36 bits per heavy atom. The number of ether oxygens (including phenoxy) is 3. The fourth-order valence-corrected chi connectivity index (χ4v) is 4.99. The zero-order chi connectivity index (χ0) is 31.1. The molecule has 1 saturated heterocycles. The van der Waals surface area contributed by atoms with Crippen molar-refractivity contribution in [3.63, 3.8) is 0 Å². The minimum atomic E-state index is -1.62. The zero-order valence-corrected chi connectivity index (χ0v) is 25.0. The number of nitrogens with one attached hydrogen (secondary N) is 1. The molecule has 2 rings (SSSR count). The van der Waals surface area contributed by atoms with Gasteiger partial charge in [0.2, 0.25) is 5.91 Å². The van der Waals surface area contributed by atoms with Crippen LogP contribution in [0.25, 0.3) is 0 Å². The summed E-state index contributed by atoms with van der Waals surface area (Å²) in [5, 5.41) is 49.4. The molecule has 42 heavy (non-hydrogen) atoms. The minimum Gasteiger partial charge on any atom is -0.462 e. The number of carbonyl (C=O) groups excluding carboxylic acids is 3. The maximum Gasteiger partial charge on any atom is 0.306 e. The molecule has 0 radical (unpaired) electrons. The lowest BCUT2D eigenvalue weighted by molar-refractivity contribution is -0.157. The van der Waals surface area contributed by atoms with Crippen LogP contribution >= 0.6 is 11.8 Å². The Hall–Kier alpha value is -2.34. The van der Waals surface area contributed by atoms with Crippen molar-refractivity contribution in [1.82, 2.24) is 15.0 Å². The van der Waals surface area contributed by atoms with E-state index >= 15 is 0 Å². The predicted octanol–water partition coefficient (Wildman–Crippen LogP) is -0.307. The molecule has 1 aliphatic heterocycles. The highest BCUT2D eigenvalue weighted by molar-refractivity contribution is 7.99. The van der Waals surface area contributed by atoms with Crippen LogP contribution in [0.3, 0.4) is 0 Å². The van der Waals surface area contributed by atoms with E-state index in [1.54, 1.807) is 0 Å². The van der Waals surface area contributed by atoms with E-state index in [0.29, 0.717) is 12.8 Å². The molecule has 0 saturated carbocycles. The van der Waals surface area contributed by atoms with Gasteiger partial charge >= 0.3 is 11.9 Å². The lowest BCUT2D eigenvalue weighted by Gasteiger charge is -2.20. The number of aromatic nitrogens is 3. The molecule has 7 N–H and O–H groups in total. The van der Waals surface area contributed by atoms with Gasteiger partial charge < -0.3 is 45.7 Å². The third kappa shape index (κ3) is 12.5. The second kappa shape index (κ2) is 19.0. The summed E-state index contributed by atoms with van der Waals surface area (Å²) in [7, 11) is 0. The van der Waals surface area contributed by atoms with Gasteiger partial charge in [0.25, 0.3) is 0 Å². The summed E-state index contributed by atoms with van der Waals surface area (Å²) in [6.45, 7) is 3.80. The molecule has 0 aliphatic carbocycles. The monoisotopic (exact) mass is 619 g/mol. The molecule has 2 heterocycles. The first-order chi connectivity index (χ1) is 20.0. The maximum atomic E-state index is 12.6. The van der Waals surface area contributed by atoms with Crippen LogP contribution in [0.5, 0.6) is 0 Å². The average molecular weight is 620 g/mol. The van der Waals surface area contributed by atoms with E-state index in [2.05, 4.69) is 15.6 Å². The van der Waals surface area contributed by atoms with Crippen molar-refractivity contribution >= 4 is 35.4 Å². The van der Waals surface area contributed by atoms with Crippen LogP contribution in [-0.4, -0.2) is 114 Å². The average Bonchev–Trinajstić information content (AvgIpc) is 3.50. The molecule has 15 nitrogen and oxygen atoms in total. The lowest BCUT2D eigenvalue weighted by atomic mass is 10.1. The number of amides is 1. The molecule has 0 bridgehead atoms. The Morgan fingerprint density at radius 2 is 1.74 bits per heavy atom. The van der Waals surface area contributed by atoms with Crippen LogP contribution in [0, 0.1) is 0 Å². The Balaban J connectivity index is 1.80. The number of esters is 2. The molecular formula is C26H45N5O10S. The second-order valence-electron chi connectivity index (χ2n) is 10.2.